The number of hydrogen-bond acceptors (Lipinski definition) is 9. The second-order valence-electron chi connectivity index (χ2n) is 12.7. The van der Waals surface area contributed by atoms with Crippen LogP contribution in [0.5, 0.6) is 17.2 Å². The molecule has 278 valence electrons. The fraction of sp³-hybridized carbons (Fsp3) is 0.256. The summed E-state index contributed by atoms with van der Waals surface area (Å²) in [7, 11) is 0. The molecular formula is C39H43N5O9. The van der Waals surface area contributed by atoms with E-state index in [1.165, 1.54) is 55.5 Å². The molecule has 0 unspecified atom stereocenters. The lowest BCUT2D eigenvalue weighted by Gasteiger charge is -2.26. The Morgan fingerprint density at radius 3 is 1.17 bits per heavy atom. The quantitative estimate of drug-likeness (QED) is 0.0759. The van der Waals surface area contributed by atoms with Crippen molar-refractivity contribution in [2.24, 2.45) is 5.73 Å². The smallest absolute Gasteiger partial charge is 0.325 e. The summed E-state index contributed by atoms with van der Waals surface area (Å²) in [5.74, 6) is -4.33. The van der Waals surface area contributed by atoms with Gasteiger partial charge in [0.25, 0.3) is 0 Å². The number of amides is 4. The number of carboxylic acid groups (broad SMARTS) is 1. The molecule has 0 heterocycles. The first-order valence-corrected chi connectivity index (χ1v) is 16.8. The average molecular weight is 726 g/mol. The molecule has 0 bridgehead atoms. The van der Waals surface area contributed by atoms with Gasteiger partial charge >= 0.3 is 5.97 Å². The van der Waals surface area contributed by atoms with Crippen molar-refractivity contribution in [3.8, 4) is 17.2 Å². The summed E-state index contributed by atoms with van der Waals surface area (Å²) < 4.78 is 0. The van der Waals surface area contributed by atoms with E-state index >= 15 is 0 Å². The fourth-order valence-corrected chi connectivity index (χ4v) is 5.39. The predicted octanol–water partition coefficient (Wildman–Crippen LogP) is 1.45. The first-order valence-electron chi connectivity index (χ1n) is 16.8. The zero-order chi connectivity index (χ0) is 38.5. The van der Waals surface area contributed by atoms with Gasteiger partial charge in [-0.25, -0.2) is 0 Å². The second kappa shape index (κ2) is 18.7. The van der Waals surface area contributed by atoms with Crippen molar-refractivity contribution in [3.63, 3.8) is 0 Å². The lowest BCUT2D eigenvalue weighted by Crippen LogP contribution is -2.59. The first-order chi connectivity index (χ1) is 25.3. The summed E-state index contributed by atoms with van der Waals surface area (Å²) in [6, 6.07) is 20.7. The van der Waals surface area contributed by atoms with Crippen molar-refractivity contribution >= 4 is 29.6 Å². The van der Waals surface area contributed by atoms with Gasteiger partial charge in [0, 0.05) is 19.3 Å². The van der Waals surface area contributed by atoms with E-state index in [0.29, 0.717) is 16.7 Å². The standard InChI is InChI=1S/C39H43N5O9/c1-23(39(52)53)41-36(49)32(20-25-7-13-28(45)14-8-25)43-38(51)34(22-27-11-17-30(47)18-12-27)44-37(50)33(21-26-9-15-29(46)16-10-26)42-35(48)31(40)19-24-5-3-2-4-6-24/h2-18,23,31-34,45-47H,19-22,40H2,1H3,(H,41,49)(H,42,48)(H,43,51)(H,44,50)(H,52,53)/t23-,31-,32-,33-,34-/m1/s1. The fourth-order valence-electron chi connectivity index (χ4n) is 5.39. The zero-order valence-corrected chi connectivity index (χ0v) is 28.9. The van der Waals surface area contributed by atoms with Gasteiger partial charge in [0.05, 0.1) is 6.04 Å². The monoisotopic (exact) mass is 725 g/mol. The van der Waals surface area contributed by atoms with Gasteiger partial charge in [-0.2, -0.15) is 0 Å². The molecule has 14 heteroatoms. The summed E-state index contributed by atoms with van der Waals surface area (Å²) in [6.45, 7) is 1.27. The van der Waals surface area contributed by atoms with Crippen molar-refractivity contribution in [2.75, 3.05) is 0 Å². The maximum atomic E-state index is 14.0. The third-order valence-electron chi connectivity index (χ3n) is 8.39. The molecule has 0 fully saturated rings. The molecule has 4 amide bonds. The minimum absolute atomic E-state index is 0.00190. The van der Waals surface area contributed by atoms with Crippen LogP contribution in [0, 0.1) is 0 Å². The van der Waals surface area contributed by atoms with Crippen LogP contribution in [-0.2, 0) is 49.7 Å². The number of phenolic OH excluding ortho intramolecular Hbond substituents is 3. The van der Waals surface area contributed by atoms with Crippen molar-refractivity contribution < 1.29 is 44.4 Å². The summed E-state index contributed by atoms with van der Waals surface area (Å²) in [6.07, 6.45) is -0.0489. The van der Waals surface area contributed by atoms with Crippen LogP contribution < -0.4 is 27.0 Å². The Labute approximate surface area is 306 Å². The molecule has 0 aliphatic carbocycles. The summed E-state index contributed by atoms with van der Waals surface area (Å²) in [4.78, 5) is 66.3. The van der Waals surface area contributed by atoms with Crippen LogP contribution in [0.1, 0.15) is 29.2 Å². The van der Waals surface area contributed by atoms with E-state index in [0.717, 1.165) is 5.56 Å². The Morgan fingerprint density at radius 2 is 0.811 bits per heavy atom. The zero-order valence-electron chi connectivity index (χ0n) is 28.9. The number of carbonyl (C=O) groups excluding carboxylic acids is 4. The van der Waals surface area contributed by atoms with Gasteiger partial charge < -0.3 is 47.4 Å². The number of phenols is 3. The Hall–Kier alpha value is -6.41. The molecule has 4 aromatic carbocycles. The van der Waals surface area contributed by atoms with Crippen molar-refractivity contribution in [1.82, 2.24) is 21.3 Å². The summed E-state index contributed by atoms with van der Waals surface area (Å²) in [5.41, 5.74) is 8.69. The number of carbonyl (C=O) groups is 5. The number of nitrogens with one attached hydrogen (secondary N) is 4. The normalized spacial score (nSPS) is 13.7. The summed E-state index contributed by atoms with van der Waals surface area (Å²) >= 11 is 0. The Morgan fingerprint density at radius 1 is 0.491 bits per heavy atom. The Balaban J connectivity index is 1.61. The van der Waals surface area contributed by atoms with Gasteiger partial charge in [0.2, 0.25) is 23.6 Å². The van der Waals surface area contributed by atoms with Gasteiger partial charge in [-0.05, 0) is 72.0 Å². The highest BCUT2D eigenvalue weighted by molar-refractivity contribution is 5.95. The molecule has 0 spiro atoms. The Kier molecular flexibility index (Phi) is 13.9. The third kappa shape index (κ3) is 12.4. The average Bonchev–Trinajstić information content (AvgIpc) is 3.13. The van der Waals surface area contributed by atoms with E-state index in [1.54, 1.807) is 24.3 Å². The molecule has 5 atom stereocenters. The van der Waals surface area contributed by atoms with E-state index in [2.05, 4.69) is 21.3 Å². The molecular weight excluding hydrogens is 682 g/mol. The van der Waals surface area contributed by atoms with Gasteiger partial charge in [-0.3, -0.25) is 24.0 Å². The molecule has 4 rings (SSSR count). The van der Waals surface area contributed by atoms with Crippen molar-refractivity contribution in [3.05, 3.63) is 125 Å². The van der Waals surface area contributed by atoms with E-state index < -0.39 is 59.8 Å². The number of benzene rings is 4. The molecule has 0 aliphatic rings. The summed E-state index contributed by atoms with van der Waals surface area (Å²) in [5, 5.41) is 49.1. The van der Waals surface area contributed by atoms with E-state index in [-0.39, 0.29) is 42.9 Å². The van der Waals surface area contributed by atoms with E-state index in [4.69, 9.17) is 5.73 Å². The first kappa shape index (κ1) is 39.4. The van der Waals surface area contributed by atoms with E-state index in [9.17, 15) is 44.4 Å². The maximum absolute atomic E-state index is 14.0. The molecule has 10 N–H and O–H groups in total. The van der Waals surface area contributed by atoms with Gasteiger partial charge in [-0.1, -0.05) is 66.7 Å². The highest BCUT2D eigenvalue weighted by atomic mass is 16.4. The van der Waals surface area contributed by atoms with Crippen LogP contribution in [-0.4, -0.2) is 80.2 Å². The largest absolute Gasteiger partial charge is 0.508 e. The number of nitrogens with two attached hydrogens (primary N) is 1. The van der Waals surface area contributed by atoms with Gasteiger partial charge in [0.1, 0.15) is 41.4 Å². The number of hydrogen-bond donors (Lipinski definition) is 9. The van der Waals surface area contributed by atoms with Gasteiger partial charge in [0.15, 0.2) is 0 Å². The molecule has 0 aliphatic heterocycles. The molecule has 53 heavy (non-hydrogen) atoms. The number of aromatic hydroxyl groups is 3. The van der Waals surface area contributed by atoms with Crippen molar-refractivity contribution in [2.45, 2.75) is 62.8 Å². The second-order valence-corrected chi connectivity index (χ2v) is 12.7. The molecule has 0 aromatic heterocycles. The van der Waals surface area contributed by atoms with Crippen LogP contribution in [0.3, 0.4) is 0 Å². The molecule has 4 aromatic rings. The maximum Gasteiger partial charge on any atom is 0.325 e. The molecule has 0 saturated carbocycles. The molecule has 0 radical (unpaired) electrons. The van der Waals surface area contributed by atoms with Crippen LogP contribution in [0.2, 0.25) is 0 Å². The minimum atomic E-state index is -1.34. The minimum Gasteiger partial charge on any atom is -0.508 e. The lowest BCUT2D eigenvalue weighted by molar-refractivity contribution is -0.141. The van der Waals surface area contributed by atoms with Crippen LogP contribution in [0.25, 0.3) is 0 Å². The number of rotatable bonds is 17. The highest BCUT2D eigenvalue weighted by Crippen LogP contribution is 2.16. The van der Waals surface area contributed by atoms with Crippen LogP contribution in [0.4, 0.5) is 0 Å². The number of carboxylic acids is 1. The Bertz CT molecular complexity index is 1850. The highest BCUT2D eigenvalue weighted by Gasteiger charge is 2.32. The predicted molar refractivity (Wildman–Crippen MR) is 195 cm³/mol. The van der Waals surface area contributed by atoms with Gasteiger partial charge in [-0.15, -0.1) is 0 Å². The molecule has 14 nitrogen and oxygen atoms in total. The molecule has 0 saturated heterocycles. The van der Waals surface area contributed by atoms with Crippen LogP contribution in [0.15, 0.2) is 103 Å². The van der Waals surface area contributed by atoms with E-state index in [1.807, 2.05) is 30.3 Å². The SMILES string of the molecule is C[C@@H](NC(=O)[C@@H](Cc1ccc(O)cc1)NC(=O)[C@@H](Cc1ccc(O)cc1)NC(=O)[C@@H](Cc1ccc(O)cc1)NC(=O)[C@H](N)Cc1ccccc1)C(=O)O. The van der Waals surface area contributed by atoms with Crippen LogP contribution >= 0.6 is 0 Å². The number of aliphatic carboxylic acids is 1. The lowest BCUT2D eigenvalue weighted by atomic mass is 10.00. The third-order valence-corrected chi connectivity index (χ3v) is 8.39. The van der Waals surface area contributed by atoms with Crippen molar-refractivity contribution in [1.29, 1.82) is 0 Å². The topological polar surface area (TPSA) is 240 Å².